The molecule has 1 saturated heterocycles. The molecule has 1 N–H and O–H groups in total. The Labute approximate surface area is 119 Å². The van der Waals surface area contributed by atoms with Gasteiger partial charge in [-0.2, -0.15) is 4.98 Å². The highest BCUT2D eigenvalue weighted by Gasteiger charge is 2.20. The Morgan fingerprint density at radius 2 is 2.00 bits per heavy atom. The quantitative estimate of drug-likeness (QED) is 0.869. The van der Waals surface area contributed by atoms with E-state index in [0.29, 0.717) is 17.8 Å². The molecule has 2 rings (SSSR count). The third-order valence-corrected chi connectivity index (χ3v) is 3.24. The number of hydrogen-bond donors (Lipinski definition) is 1. The number of carbonyl (C=O) groups is 1. The minimum absolute atomic E-state index is 0.125. The van der Waals surface area contributed by atoms with E-state index in [4.69, 9.17) is 0 Å². The predicted octanol–water partition coefficient (Wildman–Crippen LogP) is 0.608. The van der Waals surface area contributed by atoms with E-state index in [1.54, 1.807) is 6.92 Å². The van der Waals surface area contributed by atoms with Gasteiger partial charge in [0.1, 0.15) is 6.33 Å². The van der Waals surface area contributed by atoms with Gasteiger partial charge in [-0.3, -0.25) is 4.79 Å². The number of amides is 1. The molecule has 0 aliphatic carbocycles. The maximum atomic E-state index is 11.3. The van der Waals surface area contributed by atoms with Crippen molar-refractivity contribution in [3.63, 3.8) is 0 Å². The molecular formula is C13H22N6O. The Morgan fingerprint density at radius 1 is 1.30 bits per heavy atom. The molecule has 1 aliphatic rings. The maximum absolute atomic E-state index is 11.3. The van der Waals surface area contributed by atoms with Gasteiger partial charge in [-0.25, -0.2) is 9.97 Å². The second-order valence-electron chi connectivity index (χ2n) is 5.38. The first-order valence-corrected chi connectivity index (χ1v) is 6.99. The summed E-state index contributed by atoms with van der Waals surface area (Å²) in [4.78, 5) is 28.0. The summed E-state index contributed by atoms with van der Waals surface area (Å²) in [5.74, 6) is 1.95. The Morgan fingerprint density at radius 3 is 2.60 bits per heavy atom. The number of anilines is 2. The molecule has 0 atom stereocenters. The van der Waals surface area contributed by atoms with Crippen molar-refractivity contribution in [1.29, 1.82) is 0 Å². The number of nitrogens with one attached hydrogen (secondary N) is 1. The standard InChI is InChI=1S/C13H22N6O/c1-10(2)8-14-12-15-9-16-13(17-12)19-6-4-18(5-7-19)11(3)20/h9-10H,4-8H2,1-3H3,(H,14,15,16,17). The third kappa shape index (κ3) is 3.79. The van der Waals surface area contributed by atoms with Crippen LogP contribution in [0.4, 0.5) is 11.9 Å². The molecule has 2 heterocycles. The molecule has 0 spiro atoms. The van der Waals surface area contributed by atoms with E-state index in [1.165, 1.54) is 6.33 Å². The number of aromatic nitrogens is 3. The van der Waals surface area contributed by atoms with Crippen LogP contribution < -0.4 is 10.2 Å². The summed E-state index contributed by atoms with van der Waals surface area (Å²) >= 11 is 0. The molecule has 7 heteroatoms. The van der Waals surface area contributed by atoms with Crippen LogP contribution in [0, 0.1) is 5.92 Å². The molecule has 0 unspecified atom stereocenters. The lowest BCUT2D eigenvalue weighted by molar-refractivity contribution is -0.129. The van der Waals surface area contributed by atoms with Crippen LogP contribution in [-0.4, -0.2) is 58.5 Å². The molecule has 110 valence electrons. The predicted molar refractivity (Wildman–Crippen MR) is 77.6 cm³/mol. The minimum atomic E-state index is 0.125. The van der Waals surface area contributed by atoms with E-state index in [0.717, 1.165) is 32.7 Å². The fourth-order valence-electron chi connectivity index (χ4n) is 2.04. The largest absolute Gasteiger partial charge is 0.354 e. The van der Waals surface area contributed by atoms with Gasteiger partial charge in [-0.15, -0.1) is 0 Å². The van der Waals surface area contributed by atoms with Gasteiger partial charge < -0.3 is 15.1 Å². The van der Waals surface area contributed by atoms with Crippen molar-refractivity contribution in [1.82, 2.24) is 19.9 Å². The number of hydrogen-bond acceptors (Lipinski definition) is 6. The summed E-state index contributed by atoms with van der Waals surface area (Å²) in [5, 5.41) is 3.20. The molecule has 1 aromatic rings. The molecule has 1 amide bonds. The zero-order valence-corrected chi connectivity index (χ0v) is 12.3. The van der Waals surface area contributed by atoms with Crippen molar-refractivity contribution in [2.45, 2.75) is 20.8 Å². The normalized spacial score (nSPS) is 15.6. The Bertz CT molecular complexity index is 456. The van der Waals surface area contributed by atoms with Crippen LogP contribution in [0.1, 0.15) is 20.8 Å². The van der Waals surface area contributed by atoms with E-state index >= 15 is 0 Å². The van der Waals surface area contributed by atoms with Gasteiger partial charge in [0.25, 0.3) is 0 Å². The summed E-state index contributed by atoms with van der Waals surface area (Å²) in [7, 11) is 0. The van der Waals surface area contributed by atoms with Crippen LogP contribution in [0.5, 0.6) is 0 Å². The van der Waals surface area contributed by atoms with Crippen molar-refractivity contribution in [2.75, 3.05) is 42.9 Å². The van der Waals surface area contributed by atoms with Crippen molar-refractivity contribution in [2.24, 2.45) is 5.92 Å². The maximum Gasteiger partial charge on any atom is 0.230 e. The number of nitrogens with zero attached hydrogens (tertiary/aromatic N) is 5. The molecule has 1 fully saturated rings. The van der Waals surface area contributed by atoms with Crippen molar-refractivity contribution in [3.05, 3.63) is 6.33 Å². The summed E-state index contributed by atoms with van der Waals surface area (Å²) in [6.07, 6.45) is 1.53. The Hall–Kier alpha value is -1.92. The van der Waals surface area contributed by atoms with Crippen LogP contribution in [0.25, 0.3) is 0 Å². The van der Waals surface area contributed by atoms with Crippen LogP contribution in [0.2, 0.25) is 0 Å². The van der Waals surface area contributed by atoms with Crippen molar-refractivity contribution < 1.29 is 4.79 Å². The van der Waals surface area contributed by atoms with Gasteiger partial charge in [0.05, 0.1) is 0 Å². The highest BCUT2D eigenvalue weighted by atomic mass is 16.2. The average Bonchev–Trinajstić information content (AvgIpc) is 2.45. The topological polar surface area (TPSA) is 74.2 Å². The van der Waals surface area contributed by atoms with Gasteiger partial charge in [-0.1, -0.05) is 13.8 Å². The van der Waals surface area contributed by atoms with Crippen LogP contribution in [-0.2, 0) is 4.79 Å². The minimum Gasteiger partial charge on any atom is -0.354 e. The fraction of sp³-hybridized carbons (Fsp3) is 0.692. The molecule has 1 aliphatic heterocycles. The second kappa shape index (κ2) is 6.49. The summed E-state index contributed by atoms with van der Waals surface area (Å²) in [6, 6.07) is 0. The van der Waals surface area contributed by atoms with Crippen molar-refractivity contribution >= 4 is 17.8 Å². The van der Waals surface area contributed by atoms with E-state index in [2.05, 4.69) is 39.0 Å². The van der Waals surface area contributed by atoms with Crippen molar-refractivity contribution in [3.8, 4) is 0 Å². The van der Waals surface area contributed by atoms with Gasteiger partial charge in [0.2, 0.25) is 17.8 Å². The third-order valence-electron chi connectivity index (χ3n) is 3.24. The fourth-order valence-corrected chi connectivity index (χ4v) is 2.04. The molecular weight excluding hydrogens is 256 g/mol. The zero-order chi connectivity index (χ0) is 14.5. The van der Waals surface area contributed by atoms with Gasteiger partial charge in [0.15, 0.2) is 0 Å². The molecule has 1 aromatic heterocycles. The number of rotatable bonds is 4. The monoisotopic (exact) mass is 278 g/mol. The Kier molecular flexibility index (Phi) is 4.70. The first-order chi connectivity index (χ1) is 9.56. The second-order valence-corrected chi connectivity index (χ2v) is 5.38. The number of piperazine rings is 1. The van der Waals surface area contributed by atoms with E-state index in [-0.39, 0.29) is 5.91 Å². The lowest BCUT2D eigenvalue weighted by Gasteiger charge is -2.34. The highest BCUT2D eigenvalue weighted by Crippen LogP contribution is 2.12. The molecule has 0 aromatic carbocycles. The summed E-state index contributed by atoms with van der Waals surface area (Å²) in [5.41, 5.74) is 0. The molecule has 20 heavy (non-hydrogen) atoms. The lowest BCUT2D eigenvalue weighted by Crippen LogP contribution is -2.48. The first kappa shape index (κ1) is 14.5. The average molecular weight is 278 g/mol. The summed E-state index contributed by atoms with van der Waals surface area (Å²) < 4.78 is 0. The van der Waals surface area contributed by atoms with Crippen LogP contribution in [0.3, 0.4) is 0 Å². The van der Waals surface area contributed by atoms with Gasteiger partial charge in [-0.05, 0) is 5.92 Å². The van der Waals surface area contributed by atoms with E-state index in [1.807, 2.05) is 4.90 Å². The van der Waals surface area contributed by atoms with Crippen LogP contribution in [0.15, 0.2) is 6.33 Å². The SMILES string of the molecule is CC(=O)N1CCN(c2ncnc(NCC(C)C)n2)CC1. The first-order valence-electron chi connectivity index (χ1n) is 6.99. The summed E-state index contributed by atoms with van der Waals surface area (Å²) in [6.45, 7) is 9.66. The zero-order valence-electron chi connectivity index (χ0n) is 12.3. The van der Waals surface area contributed by atoms with E-state index in [9.17, 15) is 4.79 Å². The number of carbonyl (C=O) groups excluding carboxylic acids is 1. The lowest BCUT2D eigenvalue weighted by atomic mass is 10.2. The smallest absolute Gasteiger partial charge is 0.230 e. The van der Waals surface area contributed by atoms with Gasteiger partial charge >= 0.3 is 0 Å². The molecule has 0 bridgehead atoms. The molecule has 7 nitrogen and oxygen atoms in total. The highest BCUT2D eigenvalue weighted by molar-refractivity contribution is 5.73. The molecule has 0 radical (unpaired) electrons. The van der Waals surface area contributed by atoms with Crippen LogP contribution >= 0.6 is 0 Å². The van der Waals surface area contributed by atoms with Gasteiger partial charge in [0, 0.05) is 39.6 Å². The Balaban J connectivity index is 1.96. The van der Waals surface area contributed by atoms with E-state index < -0.39 is 0 Å². The molecule has 0 saturated carbocycles.